The molecule has 0 aliphatic heterocycles. The summed E-state index contributed by atoms with van der Waals surface area (Å²) in [6.07, 6.45) is 12.5. The zero-order valence-corrected chi connectivity index (χ0v) is 13.6. The fraction of sp³-hybridized carbons (Fsp3) is 0.294. The fourth-order valence-corrected chi connectivity index (χ4v) is 3.46. The molecule has 126 valence electrons. The van der Waals surface area contributed by atoms with Crippen molar-refractivity contribution in [1.29, 1.82) is 0 Å². The minimum Gasteiger partial charge on any atom is -0.390 e. The fourth-order valence-electron chi connectivity index (χ4n) is 3.46. The summed E-state index contributed by atoms with van der Waals surface area (Å²) in [5.74, 6) is 1.24. The molecule has 4 heterocycles. The normalized spacial score (nSPS) is 23.0. The van der Waals surface area contributed by atoms with Crippen LogP contribution in [0.2, 0.25) is 0 Å². The van der Waals surface area contributed by atoms with Crippen LogP contribution in [0.25, 0.3) is 27.9 Å². The van der Waals surface area contributed by atoms with Crippen molar-refractivity contribution in [1.82, 2.24) is 29.3 Å². The van der Waals surface area contributed by atoms with Crippen LogP contribution < -0.4 is 5.32 Å². The molecule has 0 spiro atoms. The van der Waals surface area contributed by atoms with Gasteiger partial charge in [0.2, 0.25) is 11.7 Å². The average Bonchev–Trinajstić information content (AvgIpc) is 3.18. The van der Waals surface area contributed by atoms with Crippen LogP contribution >= 0.6 is 0 Å². The molecular formula is C17H17N7O. The van der Waals surface area contributed by atoms with E-state index in [0.717, 1.165) is 22.2 Å². The van der Waals surface area contributed by atoms with Crippen molar-refractivity contribution in [3.8, 4) is 11.1 Å². The van der Waals surface area contributed by atoms with Gasteiger partial charge < -0.3 is 15.4 Å². The second-order valence-electron chi connectivity index (χ2n) is 6.88. The molecule has 1 fully saturated rings. The van der Waals surface area contributed by atoms with Crippen molar-refractivity contribution in [2.75, 3.05) is 5.32 Å². The topological polar surface area (TPSA) is 104 Å². The molecule has 0 radical (unpaired) electrons. The molecular weight excluding hydrogens is 318 g/mol. The quantitative estimate of drug-likeness (QED) is 0.529. The van der Waals surface area contributed by atoms with Crippen LogP contribution in [0.3, 0.4) is 0 Å². The first-order valence-corrected chi connectivity index (χ1v) is 8.20. The summed E-state index contributed by atoms with van der Waals surface area (Å²) in [5, 5.41) is 14.0. The molecule has 0 amide bonds. The number of anilines is 1. The lowest BCUT2D eigenvalue weighted by atomic mass is 9.77. The Hall–Kier alpha value is -3.00. The van der Waals surface area contributed by atoms with E-state index < -0.39 is 5.60 Å². The Morgan fingerprint density at radius 3 is 3.00 bits per heavy atom. The van der Waals surface area contributed by atoms with Gasteiger partial charge in [0.25, 0.3) is 0 Å². The van der Waals surface area contributed by atoms with Crippen LogP contribution in [-0.4, -0.2) is 46.1 Å². The van der Waals surface area contributed by atoms with E-state index in [4.69, 9.17) is 0 Å². The highest BCUT2D eigenvalue weighted by Gasteiger charge is 2.38. The van der Waals surface area contributed by atoms with E-state index >= 15 is 0 Å². The number of H-pyrrole nitrogens is 1. The van der Waals surface area contributed by atoms with Gasteiger partial charge in [-0.3, -0.25) is 4.40 Å². The zero-order valence-electron chi connectivity index (χ0n) is 13.6. The van der Waals surface area contributed by atoms with Crippen LogP contribution in [0.1, 0.15) is 19.8 Å². The van der Waals surface area contributed by atoms with E-state index in [2.05, 4.69) is 30.2 Å². The van der Waals surface area contributed by atoms with Gasteiger partial charge in [-0.1, -0.05) is 0 Å². The number of aliphatic hydroxyl groups is 1. The maximum atomic E-state index is 9.82. The Balaban J connectivity index is 1.46. The number of imidazole rings is 1. The summed E-state index contributed by atoms with van der Waals surface area (Å²) < 4.78 is 1.88. The van der Waals surface area contributed by atoms with Gasteiger partial charge in [-0.2, -0.15) is 4.98 Å². The van der Waals surface area contributed by atoms with Gasteiger partial charge in [0.05, 0.1) is 5.60 Å². The van der Waals surface area contributed by atoms with Crippen LogP contribution in [0.4, 0.5) is 5.95 Å². The molecule has 0 atom stereocenters. The highest BCUT2D eigenvalue weighted by molar-refractivity contribution is 5.93. The van der Waals surface area contributed by atoms with E-state index in [1.165, 1.54) is 0 Å². The van der Waals surface area contributed by atoms with Gasteiger partial charge >= 0.3 is 0 Å². The van der Waals surface area contributed by atoms with Crippen LogP contribution in [0.15, 0.2) is 37.2 Å². The van der Waals surface area contributed by atoms with Crippen molar-refractivity contribution in [3.63, 3.8) is 0 Å². The molecule has 4 aromatic heterocycles. The molecule has 4 aromatic rings. The van der Waals surface area contributed by atoms with Gasteiger partial charge in [-0.05, 0) is 19.8 Å². The Kier molecular flexibility index (Phi) is 2.87. The Labute approximate surface area is 143 Å². The first kappa shape index (κ1) is 14.4. The molecule has 0 saturated heterocycles. The smallest absolute Gasteiger partial charge is 0.233 e. The lowest BCUT2D eigenvalue weighted by Crippen LogP contribution is -2.48. The minimum absolute atomic E-state index is 0.217. The lowest BCUT2D eigenvalue weighted by Gasteiger charge is -2.41. The number of hydrogen-bond donors (Lipinski definition) is 3. The number of aromatic nitrogens is 6. The Bertz CT molecular complexity index is 1070. The number of fused-ring (bicyclic) bond motifs is 2. The summed E-state index contributed by atoms with van der Waals surface area (Å²) in [4.78, 5) is 20.7. The van der Waals surface area contributed by atoms with E-state index in [9.17, 15) is 5.11 Å². The molecule has 0 unspecified atom stereocenters. The van der Waals surface area contributed by atoms with E-state index in [1.807, 2.05) is 36.1 Å². The molecule has 1 aliphatic rings. The van der Waals surface area contributed by atoms with Crippen LogP contribution in [0, 0.1) is 0 Å². The first-order chi connectivity index (χ1) is 12.1. The van der Waals surface area contributed by atoms with E-state index in [-0.39, 0.29) is 6.04 Å². The highest BCUT2D eigenvalue weighted by Crippen LogP contribution is 2.33. The third-order valence-electron chi connectivity index (χ3n) is 4.69. The predicted octanol–water partition coefficient (Wildman–Crippen LogP) is 1.99. The maximum absolute atomic E-state index is 9.82. The van der Waals surface area contributed by atoms with Gasteiger partial charge in [-0.25, -0.2) is 15.0 Å². The van der Waals surface area contributed by atoms with Crippen molar-refractivity contribution < 1.29 is 5.11 Å². The Morgan fingerprint density at radius 1 is 1.28 bits per heavy atom. The van der Waals surface area contributed by atoms with Crippen molar-refractivity contribution in [2.45, 2.75) is 31.4 Å². The standard InChI is InChI=1S/C17H17N7O/c1-17(25)4-11(5-17)22-15-20-8-13-12(7-19-14(13)23-15)10-6-21-16-18-2-3-24(16)9-10/h2-3,6-9,11,25H,4-5H2,1H3,(H2,19,20,22,23). The van der Waals surface area contributed by atoms with Crippen LogP contribution in [-0.2, 0) is 0 Å². The number of nitrogens with zero attached hydrogens (tertiary/aromatic N) is 5. The largest absolute Gasteiger partial charge is 0.390 e. The molecule has 0 aromatic carbocycles. The zero-order chi connectivity index (χ0) is 17.0. The predicted molar refractivity (Wildman–Crippen MR) is 93.1 cm³/mol. The molecule has 1 saturated carbocycles. The van der Waals surface area contributed by atoms with Crippen LogP contribution in [0.5, 0.6) is 0 Å². The number of hydrogen-bond acceptors (Lipinski definition) is 6. The molecule has 8 nitrogen and oxygen atoms in total. The van der Waals surface area contributed by atoms with Crippen molar-refractivity contribution >= 4 is 22.8 Å². The van der Waals surface area contributed by atoms with Crippen molar-refractivity contribution in [3.05, 3.63) is 37.2 Å². The molecule has 1 aliphatic carbocycles. The maximum Gasteiger partial charge on any atom is 0.233 e. The number of rotatable bonds is 3. The monoisotopic (exact) mass is 335 g/mol. The van der Waals surface area contributed by atoms with Gasteiger partial charge in [0.1, 0.15) is 5.65 Å². The minimum atomic E-state index is -0.569. The molecule has 25 heavy (non-hydrogen) atoms. The highest BCUT2D eigenvalue weighted by atomic mass is 16.3. The SMILES string of the molecule is CC1(O)CC(Nc2ncc3c(-c4cnc5nccn5c4)c[nH]c3n2)C1. The van der Waals surface area contributed by atoms with E-state index in [0.29, 0.717) is 24.6 Å². The molecule has 3 N–H and O–H groups in total. The lowest BCUT2D eigenvalue weighted by molar-refractivity contribution is -0.0235. The van der Waals surface area contributed by atoms with Gasteiger partial charge in [0.15, 0.2) is 0 Å². The first-order valence-electron chi connectivity index (χ1n) is 8.20. The van der Waals surface area contributed by atoms with E-state index in [1.54, 1.807) is 12.4 Å². The number of nitrogens with one attached hydrogen (secondary N) is 2. The average molecular weight is 335 g/mol. The van der Waals surface area contributed by atoms with Crippen molar-refractivity contribution in [2.24, 2.45) is 0 Å². The summed E-state index contributed by atoms with van der Waals surface area (Å²) in [6.45, 7) is 1.84. The summed E-state index contributed by atoms with van der Waals surface area (Å²) >= 11 is 0. The summed E-state index contributed by atoms with van der Waals surface area (Å²) in [5.41, 5.74) is 2.16. The van der Waals surface area contributed by atoms with Gasteiger partial charge in [-0.15, -0.1) is 0 Å². The summed E-state index contributed by atoms with van der Waals surface area (Å²) in [7, 11) is 0. The Morgan fingerprint density at radius 2 is 2.16 bits per heavy atom. The third-order valence-corrected chi connectivity index (χ3v) is 4.69. The molecule has 8 heteroatoms. The summed E-state index contributed by atoms with van der Waals surface area (Å²) in [6, 6.07) is 0.217. The second kappa shape index (κ2) is 5.00. The molecule has 0 bridgehead atoms. The second-order valence-corrected chi connectivity index (χ2v) is 6.88. The molecule has 5 rings (SSSR count). The number of aromatic amines is 1. The third kappa shape index (κ3) is 2.42. The van der Waals surface area contributed by atoms with Gasteiger partial charge in [0, 0.05) is 59.7 Å².